The van der Waals surface area contributed by atoms with Gasteiger partial charge in [-0.05, 0) is 24.1 Å². The second-order valence-corrected chi connectivity index (χ2v) is 7.16. The topological polar surface area (TPSA) is 70.7 Å². The largest absolute Gasteiger partial charge is 0.379 e. The minimum Gasteiger partial charge on any atom is -0.379 e. The minimum atomic E-state index is 0.202. The first-order chi connectivity index (χ1) is 12.8. The van der Waals surface area contributed by atoms with Gasteiger partial charge in [0, 0.05) is 37.5 Å². The Morgan fingerprint density at radius 1 is 1.19 bits per heavy atom. The fourth-order valence-electron chi connectivity index (χ4n) is 3.73. The molecule has 26 heavy (non-hydrogen) atoms. The van der Waals surface area contributed by atoms with E-state index in [0.29, 0.717) is 32.2 Å². The number of amides is 1. The summed E-state index contributed by atoms with van der Waals surface area (Å²) < 4.78 is 11.1. The Labute approximate surface area is 153 Å². The third-order valence-electron chi connectivity index (χ3n) is 5.18. The van der Waals surface area contributed by atoms with Crippen LogP contribution in [0.15, 0.2) is 24.4 Å². The van der Waals surface area contributed by atoms with Crippen molar-refractivity contribution in [1.82, 2.24) is 20.0 Å². The number of morpholine rings is 1. The molecule has 7 heteroatoms. The van der Waals surface area contributed by atoms with E-state index < -0.39 is 0 Å². The van der Waals surface area contributed by atoms with Crippen LogP contribution < -0.4 is 0 Å². The van der Waals surface area contributed by atoms with Gasteiger partial charge in [-0.15, -0.1) is 0 Å². The zero-order chi connectivity index (χ0) is 17.8. The van der Waals surface area contributed by atoms with Gasteiger partial charge in [-0.25, -0.2) is 0 Å². The molecule has 1 atom stereocenters. The van der Waals surface area contributed by atoms with E-state index >= 15 is 0 Å². The van der Waals surface area contributed by atoms with E-state index in [9.17, 15) is 4.79 Å². The van der Waals surface area contributed by atoms with Crippen molar-refractivity contribution in [2.75, 3.05) is 59.2 Å². The lowest BCUT2D eigenvalue weighted by Gasteiger charge is -2.30. The monoisotopic (exact) mass is 358 g/mol. The molecule has 2 aliphatic heterocycles. The Balaban J connectivity index is 1.37. The highest BCUT2D eigenvalue weighted by atomic mass is 16.5. The van der Waals surface area contributed by atoms with Crippen LogP contribution in [-0.2, 0) is 20.7 Å². The number of ether oxygens (including phenoxy) is 2. The lowest BCUT2D eigenvalue weighted by atomic mass is 9.98. The molecule has 1 unspecified atom stereocenters. The molecule has 140 valence electrons. The lowest BCUT2D eigenvalue weighted by molar-refractivity contribution is -0.133. The SMILES string of the molecule is O=C(CN1CCOCC1)N1CCOCC(Cc2ccc3[nH]ncc3c2)C1. The fraction of sp³-hybridized carbons (Fsp3) is 0.579. The van der Waals surface area contributed by atoms with Gasteiger partial charge >= 0.3 is 0 Å². The number of H-pyrrole nitrogens is 1. The van der Waals surface area contributed by atoms with Crippen LogP contribution in [0, 0.1) is 5.92 Å². The molecule has 2 aliphatic rings. The number of hydrogen-bond donors (Lipinski definition) is 1. The van der Waals surface area contributed by atoms with Gasteiger partial charge in [-0.3, -0.25) is 14.8 Å². The van der Waals surface area contributed by atoms with Crippen molar-refractivity contribution < 1.29 is 14.3 Å². The highest BCUT2D eigenvalue weighted by molar-refractivity contribution is 5.79. The lowest BCUT2D eigenvalue weighted by Crippen LogP contribution is -2.46. The molecule has 3 heterocycles. The number of hydrogen-bond acceptors (Lipinski definition) is 5. The van der Waals surface area contributed by atoms with Gasteiger partial charge in [0.1, 0.15) is 0 Å². The van der Waals surface area contributed by atoms with E-state index in [2.05, 4.69) is 33.3 Å². The van der Waals surface area contributed by atoms with Crippen molar-refractivity contribution in [2.45, 2.75) is 6.42 Å². The van der Waals surface area contributed by atoms with E-state index in [0.717, 1.165) is 50.2 Å². The van der Waals surface area contributed by atoms with Crippen LogP contribution in [0.1, 0.15) is 5.56 Å². The zero-order valence-corrected chi connectivity index (χ0v) is 15.0. The van der Waals surface area contributed by atoms with Gasteiger partial charge in [-0.2, -0.15) is 5.10 Å². The van der Waals surface area contributed by atoms with Crippen molar-refractivity contribution in [3.8, 4) is 0 Å². The summed E-state index contributed by atoms with van der Waals surface area (Å²) in [6.07, 6.45) is 2.75. The predicted molar refractivity (Wildman–Crippen MR) is 97.9 cm³/mol. The third kappa shape index (κ3) is 4.23. The fourth-order valence-corrected chi connectivity index (χ4v) is 3.73. The van der Waals surface area contributed by atoms with Crippen LogP contribution in [-0.4, -0.2) is 85.1 Å². The molecule has 2 aromatic rings. The van der Waals surface area contributed by atoms with E-state index in [1.807, 2.05) is 11.1 Å². The first kappa shape index (κ1) is 17.5. The Morgan fingerprint density at radius 2 is 2.04 bits per heavy atom. The second-order valence-electron chi connectivity index (χ2n) is 7.16. The summed E-state index contributed by atoms with van der Waals surface area (Å²) >= 11 is 0. The molecule has 2 saturated heterocycles. The Kier molecular flexibility index (Phi) is 5.48. The number of aromatic nitrogens is 2. The second kappa shape index (κ2) is 8.16. The normalized spacial score (nSPS) is 22.5. The number of carbonyl (C=O) groups is 1. The molecular weight excluding hydrogens is 332 g/mol. The van der Waals surface area contributed by atoms with Gasteiger partial charge in [0.25, 0.3) is 0 Å². The highest BCUT2D eigenvalue weighted by Crippen LogP contribution is 2.18. The molecule has 0 saturated carbocycles. The summed E-state index contributed by atoms with van der Waals surface area (Å²) in [4.78, 5) is 16.9. The average Bonchev–Trinajstić information content (AvgIpc) is 3.00. The molecule has 1 N–H and O–H groups in total. The van der Waals surface area contributed by atoms with Gasteiger partial charge in [0.15, 0.2) is 0 Å². The van der Waals surface area contributed by atoms with Gasteiger partial charge < -0.3 is 14.4 Å². The smallest absolute Gasteiger partial charge is 0.236 e. The molecule has 0 radical (unpaired) electrons. The molecule has 1 amide bonds. The van der Waals surface area contributed by atoms with Crippen LogP contribution in [0.25, 0.3) is 10.9 Å². The third-order valence-corrected chi connectivity index (χ3v) is 5.18. The maximum absolute atomic E-state index is 12.7. The summed E-state index contributed by atoms with van der Waals surface area (Å²) in [5, 5.41) is 8.18. The summed E-state index contributed by atoms with van der Waals surface area (Å²) in [6.45, 7) is 6.35. The zero-order valence-electron chi connectivity index (χ0n) is 15.0. The summed E-state index contributed by atoms with van der Waals surface area (Å²) in [7, 11) is 0. The van der Waals surface area contributed by atoms with E-state index in [1.54, 1.807) is 0 Å². The van der Waals surface area contributed by atoms with Gasteiger partial charge in [0.05, 0.1) is 44.7 Å². The van der Waals surface area contributed by atoms with Crippen molar-refractivity contribution in [2.24, 2.45) is 5.92 Å². The number of benzene rings is 1. The summed E-state index contributed by atoms with van der Waals surface area (Å²) in [5.74, 6) is 0.517. The van der Waals surface area contributed by atoms with Crippen molar-refractivity contribution >= 4 is 16.8 Å². The van der Waals surface area contributed by atoms with E-state index in [1.165, 1.54) is 5.56 Å². The van der Waals surface area contributed by atoms with Crippen molar-refractivity contribution in [1.29, 1.82) is 0 Å². The summed E-state index contributed by atoms with van der Waals surface area (Å²) in [5.41, 5.74) is 2.31. The maximum atomic E-state index is 12.7. The number of nitrogens with zero attached hydrogens (tertiary/aromatic N) is 3. The maximum Gasteiger partial charge on any atom is 0.236 e. The molecule has 1 aromatic heterocycles. The van der Waals surface area contributed by atoms with Gasteiger partial charge in [0.2, 0.25) is 5.91 Å². The highest BCUT2D eigenvalue weighted by Gasteiger charge is 2.24. The Morgan fingerprint density at radius 3 is 2.92 bits per heavy atom. The predicted octanol–water partition coefficient (Wildman–Crippen LogP) is 0.913. The number of aromatic amines is 1. The summed E-state index contributed by atoms with van der Waals surface area (Å²) in [6, 6.07) is 6.37. The first-order valence-corrected chi connectivity index (χ1v) is 9.35. The molecule has 0 aliphatic carbocycles. The van der Waals surface area contributed by atoms with Crippen LogP contribution in [0.5, 0.6) is 0 Å². The number of carbonyl (C=O) groups excluding carboxylic acids is 1. The standard InChI is InChI=1S/C19H26N4O3/c24-19(13-22-3-6-25-7-4-22)23-5-8-26-14-16(12-23)9-15-1-2-18-17(10-15)11-20-21-18/h1-2,10-11,16H,3-9,12-14H2,(H,20,21). The van der Waals surface area contributed by atoms with Gasteiger partial charge in [-0.1, -0.05) is 6.07 Å². The average molecular weight is 358 g/mol. The minimum absolute atomic E-state index is 0.202. The van der Waals surface area contributed by atoms with Crippen molar-refractivity contribution in [3.63, 3.8) is 0 Å². The first-order valence-electron chi connectivity index (χ1n) is 9.35. The molecule has 2 fully saturated rings. The number of rotatable bonds is 4. The quantitative estimate of drug-likeness (QED) is 0.880. The number of nitrogens with one attached hydrogen (secondary N) is 1. The number of fused-ring (bicyclic) bond motifs is 1. The molecule has 0 bridgehead atoms. The molecule has 0 spiro atoms. The van der Waals surface area contributed by atoms with Crippen LogP contribution >= 0.6 is 0 Å². The molecule has 4 rings (SSSR count). The Hall–Kier alpha value is -1.96. The Bertz CT molecular complexity index is 741. The molecular formula is C19H26N4O3. The van der Waals surface area contributed by atoms with Crippen LogP contribution in [0.3, 0.4) is 0 Å². The molecule has 7 nitrogen and oxygen atoms in total. The van der Waals surface area contributed by atoms with Crippen LogP contribution in [0.4, 0.5) is 0 Å². The van der Waals surface area contributed by atoms with Crippen molar-refractivity contribution in [3.05, 3.63) is 30.0 Å². The van der Waals surface area contributed by atoms with E-state index in [4.69, 9.17) is 9.47 Å². The van der Waals surface area contributed by atoms with E-state index in [-0.39, 0.29) is 5.91 Å². The van der Waals surface area contributed by atoms with Crippen LogP contribution in [0.2, 0.25) is 0 Å². The molecule has 1 aromatic carbocycles.